The number of hydrogen-bond acceptors (Lipinski definition) is 3. The molecule has 1 atom stereocenters. The van der Waals surface area contributed by atoms with Gasteiger partial charge in [0.25, 0.3) is 0 Å². The molecule has 0 fully saturated rings. The minimum Gasteiger partial charge on any atom is -0.480 e. The lowest BCUT2D eigenvalue weighted by Crippen LogP contribution is -2.20. The van der Waals surface area contributed by atoms with Crippen molar-refractivity contribution in [3.63, 3.8) is 0 Å². The lowest BCUT2D eigenvalue weighted by atomic mass is 10.1. The highest BCUT2D eigenvalue weighted by Crippen LogP contribution is 2.26. The summed E-state index contributed by atoms with van der Waals surface area (Å²) in [4.78, 5) is 11.2. The number of nitrogens with zero attached hydrogens (tertiary/aromatic N) is 3. The Kier molecular flexibility index (Phi) is 3.85. The first-order chi connectivity index (χ1) is 9.04. The van der Waals surface area contributed by atoms with Crippen molar-refractivity contribution in [1.82, 2.24) is 15.0 Å². The average Bonchev–Trinajstić information content (AvgIpc) is 2.82. The molecule has 0 saturated carbocycles. The predicted octanol–water partition coefficient (Wildman–Crippen LogP) is 2.94. The Morgan fingerprint density at radius 2 is 2.26 bits per heavy atom. The molecule has 1 N–H and O–H groups in total. The zero-order chi connectivity index (χ0) is 14.0. The van der Waals surface area contributed by atoms with Gasteiger partial charge in [-0.25, -0.2) is 9.48 Å². The molecule has 100 valence electrons. The second kappa shape index (κ2) is 5.40. The highest BCUT2D eigenvalue weighted by Gasteiger charge is 2.22. The SMILES string of the molecule is CCC(C(=O)O)n1nncc1-c1ccc(Cl)c(C)c1. The fourth-order valence-corrected chi connectivity index (χ4v) is 2.05. The minimum atomic E-state index is -0.917. The number of hydrogen-bond donors (Lipinski definition) is 1. The summed E-state index contributed by atoms with van der Waals surface area (Å²) < 4.78 is 1.44. The summed E-state index contributed by atoms with van der Waals surface area (Å²) in [6, 6.07) is 4.80. The number of carbonyl (C=O) groups is 1. The van der Waals surface area contributed by atoms with Crippen molar-refractivity contribution in [1.29, 1.82) is 0 Å². The first-order valence-corrected chi connectivity index (χ1v) is 6.32. The molecule has 19 heavy (non-hydrogen) atoms. The normalized spacial score (nSPS) is 12.4. The number of aryl methyl sites for hydroxylation is 1. The van der Waals surface area contributed by atoms with Gasteiger partial charge in [-0.1, -0.05) is 29.8 Å². The van der Waals surface area contributed by atoms with Crippen molar-refractivity contribution < 1.29 is 9.90 Å². The smallest absolute Gasteiger partial charge is 0.328 e. The quantitative estimate of drug-likeness (QED) is 0.934. The van der Waals surface area contributed by atoms with Crippen LogP contribution >= 0.6 is 11.6 Å². The van der Waals surface area contributed by atoms with Crippen molar-refractivity contribution in [3.8, 4) is 11.3 Å². The molecular weight excluding hydrogens is 266 g/mol. The molecule has 1 heterocycles. The Morgan fingerprint density at radius 1 is 1.53 bits per heavy atom. The van der Waals surface area contributed by atoms with E-state index < -0.39 is 12.0 Å². The van der Waals surface area contributed by atoms with E-state index in [1.165, 1.54) is 4.68 Å². The number of carboxylic acid groups (broad SMARTS) is 1. The second-order valence-electron chi connectivity index (χ2n) is 4.29. The van der Waals surface area contributed by atoms with Crippen LogP contribution in [0.25, 0.3) is 11.3 Å². The van der Waals surface area contributed by atoms with Gasteiger partial charge in [0.1, 0.15) is 0 Å². The van der Waals surface area contributed by atoms with E-state index >= 15 is 0 Å². The largest absolute Gasteiger partial charge is 0.480 e. The number of benzene rings is 1. The maximum absolute atomic E-state index is 11.2. The van der Waals surface area contributed by atoms with Crippen LogP contribution in [-0.4, -0.2) is 26.1 Å². The Labute approximate surface area is 115 Å². The van der Waals surface area contributed by atoms with Gasteiger partial charge in [-0.15, -0.1) is 5.10 Å². The fraction of sp³-hybridized carbons (Fsp3) is 0.308. The molecule has 0 saturated heterocycles. The van der Waals surface area contributed by atoms with Crippen molar-refractivity contribution in [3.05, 3.63) is 35.0 Å². The summed E-state index contributed by atoms with van der Waals surface area (Å²) in [5, 5.41) is 17.6. The Hall–Kier alpha value is -1.88. The topological polar surface area (TPSA) is 68.0 Å². The third kappa shape index (κ3) is 2.61. The lowest BCUT2D eigenvalue weighted by molar-refractivity contribution is -0.141. The molecule has 0 radical (unpaired) electrons. The first-order valence-electron chi connectivity index (χ1n) is 5.94. The predicted molar refractivity (Wildman–Crippen MR) is 72.2 cm³/mol. The van der Waals surface area contributed by atoms with Crippen LogP contribution in [0.15, 0.2) is 24.4 Å². The van der Waals surface area contributed by atoms with Crippen LogP contribution in [0.4, 0.5) is 0 Å². The molecule has 0 amide bonds. The lowest BCUT2D eigenvalue weighted by Gasteiger charge is -2.13. The summed E-state index contributed by atoms with van der Waals surface area (Å²) in [5.41, 5.74) is 2.45. The molecule has 2 aromatic rings. The summed E-state index contributed by atoms with van der Waals surface area (Å²) in [7, 11) is 0. The second-order valence-corrected chi connectivity index (χ2v) is 4.70. The van der Waals surface area contributed by atoms with Crippen molar-refractivity contribution in [2.24, 2.45) is 0 Å². The Morgan fingerprint density at radius 3 is 2.84 bits per heavy atom. The van der Waals surface area contributed by atoms with Gasteiger partial charge in [0, 0.05) is 10.6 Å². The number of carboxylic acids is 1. The van der Waals surface area contributed by atoms with Crippen LogP contribution in [0.3, 0.4) is 0 Å². The van der Waals surface area contributed by atoms with E-state index in [1.807, 2.05) is 19.1 Å². The van der Waals surface area contributed by atoms with E-state index in [9.17, 15) is 9.90 Å². The molecule has 0 bridgehead atoms. The zero-order valence-electron chi connectivity index (χ0n) is 10.7. The van der Waals surface area contributed by atoms with Crippen molar-refractivity contribution >= 4 is 17.6 Å². The monoisotopic (exact) mass is 279 g/mol. The summed E-state index contributed by atoms with van der Waals surface area (Å²) >= 11 is 5.99. The molecule has 0 aliphatic heterocycles. The van der Waals surface area contributed by atoms with Gasteiger partial charge in [0.05, 0.1) is 11.9 Å². The maximum Gasteiger partial charge on any atom is 0.328 e. The molecule has 1 aromatic heterocycles. The van der Waals surface area contributed by atoms with Gasteiger partial charge in [0.2, 0.25) is 0 Å². The summed E-state index contributed by atoms with van der Waals surface area (Å²) in [5.74, 6) is -0.917. The van der Waals surface area contributed by atoms with E-state index in [1.54, 1.807) is 19.2 Å². The highest BCUT2D eigenvalue weighted by atomic mass is 35.5. The molecule has 6 heteroatoms. The van der Waals surface area contributed by atoms with E-state index in [0.29, 0.717) is 17.1 Å². The Bertz CT molecular complexity index is 610. The van der Waals surface area contributed by atoms with Crippen LogP contribution in [0.5, 0.6) is 0 Å². The van der Waals surface area contributed by atoms with Crippen molar-refractivity contribution in [2.45, 2.75) is 26.3 Å². The molecular formula is C13H14ClN3O2. The molecule has 2 rings (SSSR count). The fourth-order valence-electron chi connectivity index (χ4n) is 1.94. The third-order valence-electron chi connectivity index (χ3n) is 3.00. The molecule has 0 aliphatic carbocycles. The third-order valence-corrected chi connectivity index (χ3v) is 3.42. The summed E-state index contributed by atoms with van der Waals surface area (Å²) in [6.07, 6.45) is 2.01. The zero-order valence-corrected chi connectivity index (χ0v) is 11.4. The van der Waals surface area contributed by atoms with E-state index in [-0.39, 0.29) is 0 Å². The molecule has 5 nitrogen and oxygen atoms in total. The Balaban J connectivity index is 2.49. The van der Waals surface area contributed by atoms with E-state index in [4.69, 9.17) is 11.6 Å². The molecule has 1 aromatic carbocycles. The molecule has 1 unspecified atom stereocenters. The standard InChI is InChI=1S/C13H14ClN3O2/c1-3-11(13(18)19)17-12(7-15-16-17)9-4-5-10(14)8(2)6-9/h4-7,11H,3H2,1-2H3,(H,18,19). The van der Waals surface area contributed by atoms with E-state index in [0.717, 1.165) is 11.1 Å². The first kappa shape index (κ1) is 13.5. The van der Waals surface area contributed by atoms with Gasteiger partial charge in [-0.2, -0.15) is 0 Å². The van der Waals surface area contributed by atoms with E-state index in [2.05, 4.69) is 10.3 Å². The summed E-state index contributed by atoms with van der Waals surface area (Å²) in [6.45, 7) is 3.70. The van der Waals surface area contributed by atoms with Crippen LogP contribution < -0.4 is 0 Å². The van der Waals surface area contributed by atoms with Gasteiger partial charge < -0.3 is 5.11 Å². The number of aliphatic carboxylic acids is 1. The van der Waals surface area contributed by atoms with Gasteiger partial charge in [-0.05, 0) is 31.0 Å². The van der Waals surface area contributed by atoms with Gasteiger partial charge in [0.15, 0.2) is 6.04 Å². The number of halogens is 1. The van der Waals surface area contributed by atoms with Crippen LogP contribution in [0.2, 0.25) is 5.02 Å². The van der Waals surface area contributed by atoms with Gasteiger partial charge in [-0.3, -0.25) is 0 Å². The van der Waals surface area contributed by atoms with Gasteiger partial charge >= 0.3 is 5.97 Å². The highest BCUT2D eigenvalue weighted by molar-refractivity contribution is 6.31. The average molecular weight is 280 g/mol. The van der Waals surface area contributed by atoms with Crippen LogP contribution in [0, 0.1) is 6.92 Å². The van der Waals surface area contributed by atoms with Crippen LogP contribution in [-0.2, 0) is 4.79 Å². The molecule has 0 spiro atoms. The van der Waals surface area contributed by atoms with Crippen molar-refractivity contribution in [2.75, 3.05) is 0 Å². The molecule has 0 aliphatic rings. The number of aromatic nitrogens is 3. The minimum absolute atomic E-state index is 0.443. The maximum atomic E-state index is 11.2. The van der Waals surface area contributed by atoms with Crippen LogP contribution in [0.1, 0.15) is 24.9 Å². The number of rotatable bonds is 4.